The molecule has 3 rings (SSSR count). The van der Waals surface area contributed by atoms with Crippen molar-refractivity contribution in [1.82, 2.24) is 9.97 Å². The lowest BCUT2D eigenvalue weighted by atomic mass is 10.1. The number of benzene rings is 1. The molecule has 0 atom stereocenters. The van der Waals surface area contributed by atoms with E-state index in [1.165, 1.54) is 8.96 Å². The number of hydrogen-bond acceptors (Lipinski definition) is 2. The predicted octanol–water partition coefficient (Wildman–Crippen LogP) is 3.39. The highest BCUT2D eigenvalue weighted by Gasteiger charge is 2.02. The number of pyridine rings is 2. The van der Waals surface area contributed by atoms with Crippen LogP contribution in [0.4, 0.5) is 0 Å². The van der Waals surface area contributed by atoms with Crippen molar-refractivity contribution in [1.29, 1.82) is 0 Å². The maximum atomic E-state index is 4.38. The average molecular weight is 306 g/mol. The second-order valence-electron chi connectivity index (χ2n) is 3.36. The first-order valence-electron chi connectivity index (χ1n) is 4.63. The number of nitrogens with zero attached hydrogens (tertiary/aromatic N) is 2. The number of hydrogen-bond donors (Lipinski definition) is 0. The highest BCUT2D eigenvalue weighted by atomic mass is 127. The highest BCUT2D eigenvalue weighted by molar-refractivity contribution is 14.1. The molecule has 0 saturated carbocycles. The topological polar surface area (TPSA) is 25.8 Å². The van der Waals surface area contributed by atoms with Gasteiger partial charge >= 0.3 is 0 Å². The van der Waals surface area contributed by atoms with Crippen LogP contribution in [-0.4, -0.2) is 9.97 Å². The molecule has 0 amide bonds. The van der Waals surface area contributed by atoms with E-state index in [0.29, 0.717) is 0 Å². The molecular weight excluding hydrogens is 299 g/mol. The zero-order valence-corrected chi connectivity index (χ0v) is 9.97. The van der Waals surface area contributed by atoms with E-state index in [-0.39, 0.29) is 0 Å². The van der Waals surface area contributed by atoms with Gasteiger partial charge in [0, 0.05) is 26.7 Å². The third kappa shape index (κ3) is 1.47. The van der Waals surface area contributed by atoms with E-state index in [4.69, 9.17) is 0 Å². The van der Waals surface area contributed by atoms with Crippen molar-refractivity contribution < 1.29 is 0 Å². The second-order valence-corrected chi connectivity index (χ2v) is 4.61. The number of rotatable bonds is 0. The maximum Gasteiger partial charge on any atom is 0.0965 e. The molecule has 2 nitrogen and oxygen atoms in total. The van der Waals surface area contributed by atoms with Crippen molar-refractivity contribution in [2.24, 2.45) is 0 Å². The molecule has 0 fully saturated rings. The van der Waals surface area contributed by atoms with Gasteiger partial charge in [-0.2, -0.15) is 0 Å². The van der Waals surface area contributed by atoms with Crippen molar-refractivity contribution in [3.8, 4) is 0 Å². The van der Waals surface area contributed by atoms with Crippen molar-refractivity contribution >= 4 is 44.4 Å². The Balaban J connectivity index is 2.57. The molecule has 0 N–H and O–H groups in total. The zero-order chi connectivity index (χ0) is 10.3. The van der Waals surface area contributed by atoms with Gasteiger partial charge in [-0.3, -0.25) is 9.97 Å². The Morgan fingerprint density at radius 3 is 2.93 bits per heavy atom. The van der Waals surface area contributed by atoms with Gasteiger partial charge in [0.25, 0.3) is 0 Å². The Labute approximate surface area is 100 Å². The zero-order valence-electron chi connectivity index (χ0n) is 7.81. The van der Waals surface area contributed by atoms with Gasteiger partial charge in [0.15, 0.2) is 0 Å². The molecule has 0 aliphatic heterocycles. The molecule has 0 aliphatic carbocycles. The summed E-state index contributed by atoms with van der Waals surface area (Å²) >= 11 is 2.31. The Bertz CT molecular complexity index is 649. The molecule has 2 heterocycles. The smallest absolute Gasteiger partial charge is 0.0965 e. The summed E-state index contributed by atoms with van der Waals surface area (Å²) in [5.41, 5.74) is 1.93. The summed E-state index contributed by atoms with van der Waals surface area (Å²) in [6.07, 6.45) is 3.71. The number of aromatic nitrogens is 2. The summed E-state index contributed by atoms with van der Waals surface area (Å²) in [6.45, 7) is 0. The van der Waals surface area contributed by atoms with Gasteiger partial charge in [0.05, 0.1) is 11.0 Å². The fourth-order valence-electron chi connectivity index (χ4n) is 1.69. The molecule has 0 saturated heterocycles. The summed E-state index contributed by atoms with van der Waals surface area (Å²) in [6, 6.07) is 10.2. The summed E-state index contributed by atoms with van der Waals surface area (Å²) in [7, 11) is 0. The molecule has 2 aromatic heterocycles. The van der Waals surface area contributed by atoms with Gasteiger partial charge < -0.3 is 0 Å². The maximum absolute atomic E-state index is 4.38. The van der Waals surface area contributed by atoms with Crippen molar-refractivity contribution in [3.63, 3.8) is 0 Å². The fourth-order valence-corrected chi connectivity index (χ4v) is 2.18. The highest BCUT2D eigenvalue weighted by Crippen LogP contribution is 2.23. The Hall–Kier alpha value is -1.23. The minimum Gasteiger partial charge on any atom is -0.254 e. The quantitative estimate of drug-likeness (QED) is 0.470. The molecule has 3 aromatic rings. The molecule has 0 bridgehead atoms. The first kappa shape index (κ1) is 9.03. The van der Waals surface area contributed by atoms with E-state index >= 15 is 0 Å². The van der Waals surface area contributed by atoms with Crippen LogP contribution in [-0.2, 0) is 0 Å². The van der Waals surface area contributed by atoms with Crippen molar-refractivity contribution in [2.75, 3.05) is 0 Å². The van der Waals surface area contributed by atoms with Crippen molar-refractivity contribution in [3.05, 3.63) is 46.3 Å². The predicted molar refractivity (Wildman–Crippen MR) is 69.8 cm³/mol. The molecule has 1 aromatic carbocycles. The molecule has 72 valence electrons. The number of fused-ring (bicyclic) bond motifs is 3. The van der Waals surface area contributed by atoms with Gasteiger partial charge in [0.2, 0.25) is 0 Å². The largest absolute Gasteiger partial charge is 0.254 e. The van der Waals surface area contributed by atoms with Gasteiger partial charge in [-0.25, -0.2) is 0 Å². The Morgan fingerprint density at radius 2 is 2.00 bits per heavy atom. The van der Waals surface area contributed by atoms with Crippen LogP contribution in [0.3, 0.4) is 0 Å². The van der Waals surface area contributed by atoms with Gasteiger partial charge in [-0.1, -0.05) is 6.07 Å². The molecule has 15 heavy (non-hydrogen) atoms. The lowest BCUT2D eigenvalue weighted by Crippen LogP contribution is -1.85. The minimum absolute atomic E-state index is 0.951. The molecule has 0 aliphatic rings. The summed E-state index contributed by atoms with van der Waals surface area (Å²) in [5, 5.41) is 2.31. The number of halogens is 1. The SMILES string of the molecule is Ic1ccc2cnc3cccnc3c2c1. The van der Waals surface area contributed by atoms with Crippen LogP contribution in [0.15, 0.2) is 42.7 Å². The lowest BCUT2D eigenvalue weighted by molar-refractivity contribution is 1.36. The third-order valence-corrected chi connectivity index (χ3v) is 3.07. The Kier molecular flexibility index (Phi) is 2.05. The van der Waals surface area contributed by atoms with Gasteiger partial charge in [-0.15, -0.1) is 0 Å². The molecule has 3 heteroatoms. The monoisotopic (exact) mass is 306 g/mol. The summed E-state index contributed by atoms with van der Waals surface area (Å²) in [5.74, 6) is 0. The van der Waals surface area contributed by atoms with E-state index in [0.717, 1.165) is 16.4 Å². The standard InChI is InChI=1S/C12H7IN2/c13-9-4-3-8-7-15-11-2-1-5-14-12(11)10(8)6-9/h1-7H. The average Bonchev–Trinajstić information content (AvgIpc) is 2.29. The van der Waals surface area contributed by atoms with Crippen LogP contribution in [0.5, 0.6) is 0 Å². The normalized spacial score (nSPS) is 11.0. The van der Waals surface area contributed by atoms with Gasteiger partial charge in [-0.05, 0) is 46.9 Å². The minimum atomic E-state index is 0.951. The first-order valence-corrected chi connectivity index (χ1v) is 5.71. The van der Waals surface area contributed by atoms with Crippen LogP contribution >= 0.6 is 22.6 Å². The van der Waals surface area contributed by atoms with Crippen LogP contribution < -0.4 is 0 Å². The summed E-state index contributed by atoms with van der Waals surface area (Å²) < 4.78 is 1.22. The molecule has 0 spiro atoms. The van der Waals surface area contributed by atoms with E-state index in [2.05, 4.69) is 50.8 Å². The lowest BCUT2D eigenvalue weighted by Gasteiger charge is -2.02. The van der Waals surface area contributed by atoms with Crippen LogP contribution in [0.25, 0.3) is 21.8 Å². The van der Waals surface area contributed by atoms with Gasteiger partial charge in [0.1, 0.15) is 0 Å². The Morgan fingerprint density at radius 1 is 1.07 bits per heavy atom. The molecule has 0 unspecified atom stereocenters. The molecule has 0 radical (unpaired) electrons. The van der Waals surface area contributed by atoms with E-state index in [1.54, 1.807) is 0 Å². The van der Waals surface area contributed by atoms with Crippen LogP contribution in [0, 0.1) is 3.57 Å². The van der Waals surface area contributed by atoms with E-state index in [9.17, 15) is 0 Å². The fraction of sp³-hybridized carbons (Fsp3) is 0. The van der Waals surface area contributed by atoms with E-state index in [1.807, 2.05) is 24.5 Å². The van der Waals surface area contributed by atoms with Crippen LogP contribution in [0.1, 0.15) is 0 Å². The van der Waals surface area contributed by atoms with Crippen molar-refractivity contribution in [2.45, 2.75) is 0 Å². The summed E-state index contributed by atoms with van der Waals surface area (Å²) in [4.78, 5) is 8.76. The van der Waals surface area contributed by atoms with E-state index < -0.39 is 0 Å². The molecular formula is C12H7IN2. The first-order chi connectivity index (χ1) is 7.34. The van der Waals surface area contributed by atoms with Crippen LogP contribution in [0.2, 0.25) is 0 Å². The third-order valence-electron chi connectivity index (χ3n) is 2.40. The second kappa shape index (κ2) is 3.41.